The van der Waals surface area contributed by atoms with Crippen molar-refractivity contribution in [1.29, 1.82) is 0 Å². The number of methoxy groups -OCH3 is 1. The molecule has 0 aliphatic carbocycles. The first-order valence-corrected chi connectivity index (χ1v) is 14.3. The van der Waals surface area contributed by atoms with E-state index in [1.807, 2.05) is 0 Å². The summed E-state index contributed by atoms with van der Waals surface area (Å²) in [6.45, 7) is 4.77. The fourth-order valence-corrected chi connectivity index (χ4v) is 7.47. The molecule has 0 aromatic rings. The maximum absolute atomic E-state index is 8.92. The minimum Gasteiger partial charge on any atom is -0.359 e. The zero-order chi connectivity index (χ0) is 22.6. The first-order valence-electron chi connectivity index (χ1n) is 12.3. The zero-order valence-corrected chi connectivity index (χ0v) is 21.7. The average molecular weight is 472 g/mol. The van der Waals surface area contributed by atoms with E-state index in [4.69, 9.17) is 15.0 Å². The topological polar surface area (TPSA) is 67.2 Å². The molecule has 2 atom stereocenters. The normalized spacial score (nSPS) is 18.0. The molecule has 0 radical (unpaired) electrons. The van der Waals surface area contributed by atoms with E-state index in [2.05, 4.69) is 59.5 Å². The van der Waals surface area contributed by atoms with Gasteiger partial charge >= 0.3 is 0 Å². The van der Waals surface area contributed by atoms with Crippen LogP contribution in [0.1, 0.15) is 97.3 Å². The van der Waals surface area contributed by atoms with Crippen LogP contribution in [0.3, 0.4) is 0 Å². The molecular formula is C24H45N3O2S2. The van der Waals surface area contributed by atoms with Crippen LogP contribution in [-0.2, 0) is 9.47 Å². The Bertz CT molecular complexity index is 507. The standard InChI is InChI=1S/C24H45N3O2S2/c1-4-6-8-13-22(26-27-25)14-10-17-24(30-19-12-20-31-24)18-11-16-23(29-21-28-3)15-9-7-5-2/h9,15,22-23H,4-8,10-14,16-21H2,1-3H3/b15-9+/t22-,23-/m1/s1. The SMILES string of the molecule is CCC/C=C/[C@H](CCCC1(CCC[C@@H](CCCCC)N=[N+]=[N-])SCCCS1)OCOC. The molecule has 0 aromatic heterocycles. The summed E-state index contributed by atoms with van der Waals surface area (Å²) in [5.74, 6) is 2.53. The molecule has 0 N–H and O–H groups in total. The second kappa shape index (κ2) is 19.2. The van der Waals surface area contributed by atoms with Crippen molar-refractivity contribution in [1.82, 2.24) is 0 Å². The molecule has 1 aliphatic heterocycles. The van der Waals surface area contributed by atoms with E-state index in [0.717, 1.165) is 32.1 Å². The Balaban J connectivity index is 2.54. The van der Waals surface area contributed by atoms with Gasteiger partial charge in [0.25, 0.3) is 0 Å². The van der Waals surface area contributed by atoms with Gasteiger partial charge in [0, 0.05) is 18.1 Å². The van der Waals surface area contributed by atoms with E-state index in [1.165, 1.54) is 62.9 Å². The van der Waals surface area contributed by atoms with Crippen LogP contribution in [0.4, 0.5) is 0 Å². The van der Waals surface area contributed by atoms with Crippen LogP contribution in [0.2, 0.25) is 0 Å². The number of hydrogen-bond acceptors (Lipinski definition) is 5. The van der Waals surface area contributed by atoms with Crippen LogP contribution in [-0.4, -0.2) is 41.6 Å². The first kappa shape index (κ1) is 28.7. The van der Waals surface area contributed by atoms with Gasteiger partial charge in [0.05, 0.1) is 10.2 Å². The van der Waals surface area contributed by atoms with Crippen LogP contribution in [0.5, 0.6) is 0 Å². The van der Waals surface area contributed by atoms with Gasteiger partial charge in [0.2, 0.25) is 0 Å². The van der Waals surface area contributed by atoms with E-state index in [0.29, 0.717) is 10.9 Å². The predicted octanol–water partition coefficient (Wildman–Crippen LogP) is 8.50. The predicted molar refractivity (Wildman–Crippen MR) is 138 cm³/mol. The molecule has 0 amide bonds. The number of unbranched alkanes of at least 4 members (excludes halogenated alkanes) is 3. The summed E-state index contributed by atoms with van der Waals surface area (Å²) in [4.78, 5) is 3.11. The van der Waals surface area contributed by atoms with Gasteiger partial charge in [-0.3, -0.25) is 0 Å². The average Bonchev–Trinajstić information content (AvgIpc) is 2.78. The van der Waals surface area contributed by atoms with Gasteiger partial charge in [-0.15, -0.1) is 23.5 Å². The van der Waals surface area contributed by atoms with E-state index in [1.54, 1.807) is 7.11 Å². The highest BCUT2D eigenvalue weighted by molar-refractivity contribution is 8.18. The Hall–Kier alpha value is -0.330. The monoisotopic (exact) mass is 471 g/mol. The van der Waals surface area contributed by atoms with Crippen molar-refractivity contribution in [2.24, 2.45) is 5.11 Å². The van der Waals surface area contributed by atoms with Gasteiger partial charge in [-0.1, -0.05) is 63.2 Å². The Kier molecular flexibility index (Phi) is 17.7. The number of rotatable bonds is 19. The van der Waals surface area contributed by atoms with Crippen molar-refractivity contribution in [2.75, 3.05) is 25.4 Å². The number of ether oxygens (including phenoxy) is 2. The van der Waals surface area contributed by atoms with E-state index >= 15 is 0 Å². The molecule has 180 valence electrons. The fourth-order valence-electron chi connectivity index (χ4n) is 3.98. The number of azide groups is 1. The molecule has 31 heavy (non-hydrogen) atoms. The number of thioether (sulfide) groups is 2. The highest BCUT2D eigenvalue weighted by Gasteiger charge is 2.33. The van der Waals surface area contributed by atoms with Gasteiger partial charge in [-0.25, -0.2) is 0 Å². The third-order valence-corrected chi connectivity index (χ3v) is 9.28. The van der Waals surface area contributed by atoms with Crippen LogP contribution in [0.15, 0.2) is 17.3 Å². The van der Waals surface area contributed by atoms with Crippen LogP contribution < -0.4 is 0 Å². The molecule has 5 nitrogen and oxygen atoms in total. The molecule has 0 bridgehead atoms. The summed E-state index contributed by atoms with van der Waals surface area (Å²) in [5.41, 5.74) is 8.92. The summed E-state index contributed by atoms with van der Waals surface area (Å²) in [6, 6.07) is 0.169. The Labute approximate surface area is 199 Å². The number of allylic oxidation sites excluding steroid dienone is 1. The molecule has 0 unspecified atom stereocenters. The lowest BCUT2D eigenvalue weighted by atomic mass is 10.0. The van der Waals surface area contributed by atoms with E-state index in [-0.39, 0.29) is 12.1 Å². The molecule has 1 saturated heterocycles. The van der Waals surface area contributed by atoms with Crippen LogP contribution in [0.25, 0.3) is 10.4 Å². The van der Waals surface area contributed by atoms with Crippen LogP contribution in [0, 0.1) is 0 Å². The summed E-state index contributed by atoms with van der Waals surface area (Å²) < 4.78 is 11.3. The lowest BCUT2D eigenvalue weighted by Crippen LogP contribution is -2.26. The maximum atomic E-state index is 8.92. The molecule has 0 saturated carbocycles. The lowest BCUT2D eigenvalue weighted by molar-refractivity contribution is -0.0580. The molecule has 1 fully saturated rings. The molecule has 1 rings (SSSR count). The molecule has 1 heterocycles. The Morgan fingerprint density at radius 2 is 1.74 bits per heavy atom. The van der Waals surface area contributed by atoms with Crippen molar-refractivity contribution in [2.45, 2.75) is 114 Å². The van der Waals surface area contributed by atoms with Crippen molar-refractivity contribution < 1.29 is 9.47 Å². The third-order valence-electron chi connectivity index (χ3n) is 5.72. The van der Waals surface area contributed by atoms with Gasteiger partial charge in [0.15, 0.2) is 0 Å². The minimum atomic E-state index is 0.148. The minimum absolute atomic E-state index is 0.148. The highest BCUT2D eigenvalue weighted by Crippen LogP contribution is 2.49. The lowest BCUT2D eigenvalue weighted by Gasteiger charge is -2.37. The summed E-state index contributed by atoms with van der Waals surface area (Å²) in [6.07, 6.45) is 19.7. The van der Waals surface area contributed by atoms with E-state index in [9.17, 15) is 0 Å². The highest BCUT2D eigenvalue weighted by atomic mass is 32.2. The molecule has 7 heteroatoms. The molecule has 1 aliphatic rings. The summed E-state index contributed by atoms with van der Waals surface area (Å²) in [7, 11) is 1.68. The first-order chi connectivity index (χ1) is 15.2. The van der Waals surface area contributed by atoms with Crippen molar-refractivity contribution in [3.8, 4) is 0 Å². The van der Waals surface area contributed by atoms with Crippen molar-refractivity contribution >= 4 is 23.5 Å². The molecule has 0 spiro atoms. The second-order valence-corrected chi connectivity index (χ2v) is 11.6. The summed E-state index contributed by atoms with van der Waals surface area (Å²) >= 11 is 4.33. The smallest absolute Gasteiger partial charge is 0.147 e. The van der Waals surface area contributed by atoms with Crippen LogP contribution >= 0.6 is 23.5 Å². The second-order valence-electron chi connectivity index (χ2n) is 8.43. The van der Waals surface area contributed by atoms with Crippen molar-refractivity contribution in [3.63, 3.8) is 0 Å². The zero-order valence-electron chi connectivity index (χ0n) is 20.1. The Morgan fingerprint density at radius 1 is 1.03 bits per heavy atom. The fraction of sp³-hybridized carbons (Fsp3) is 0.917. The molecule has 0 aromatic carbocycles. The number of nitrogens with zero attached hydrogens (tertiary/aromatic N) is 3. The quantitative estimate of drug-likeness (QED) is 0.0473. The number of hydrogen-bond donors (Lipinski definition) is 0. The third kappa shape index (κ3) is 13.7. The Morgan fingerprint density at radius 3 is 2.39 bits per heavy atom. The van der Waals surface area contributed by atoms with Gasteiger partial charge < -0.3 is 9.47 Å². The van der Waals surface area contributed by atoms with Gasteiger partial charge in [-0.05, 0) is 68.4 Å². The maximum Gasteiger partial charge on any atom is 0.147 e. The largest absolute Gasteiger partial charge is 0.359 e. The van der Waals surface area contributed by atoms with E-state index < -0.39 is 0 Å². The van der Waals surface area contributed by atoms with Gasteiger partial charge in [-0.2, -0.15) is 0 Å². The molecular weight excluding hydrogens is 426 g/mol. The van der Waals surface area contributed by atoms with Gasteiger partial charge in [0.1, 0.15) is 6.79 Å². The van der Waals surface area contributed by atoms with Crippen molar-refractivity contribution in [3.05, 3.63) is 22.6 Å². The summed E-state index contributed by atoms with van der Waals surface area (Å²) in [5, 5.41) is 4.08.